The van der Waals surface area contributed by atoms with Crippen LogP contribution in [0.1, 0.15) is 144 Å². The Morgan fingerprint density at radius 2 is 1.05 bits per heavy atom. The Balaban J connectivity index is 2.62. The van der Waals surface area contributed by atoms with Gasteiger partial charge in [0, 0.05) is 24.0 Å². The van der Waals surface area contributed by atoms with Crippen molar-refractivity contribution < 1.29 is 29.3 Å². The van der Waals surface area contributed by atoms with E-state index in [0.717, 1.165) is 75.3 Å². The normalized spacial score (nSPS) is 13.6. The lowest BCUT2D eigenvalue weighted by Gasteiger charge is -2.31. The third-order valence-electron chi connectivity index (χ3n) is 8.23. The van der Waals surface area contributed by atoms with Gasteiger partial charge in [-0.25, -0.2) is 0 Å². The SMILES string of the molecule is CCCC(=O)OCCC(C)CCCC(C)(C)c1cc(O)c(C(C)(C)CCCC(C)CCOC(=O)CCC)cc1O. The molecule has 0 heterocycles. The molecule has 0 fully saturated rings. The first kappa shape index (κ1) is 35.8. The fourth-order valence-electron chi connectivity index (χ4n) is 5.30. The Bertz CT molecular complexity index is 830. The molecule has 2 atom stereocenters. The minimum Gasteiger partial charge on any atom is -0.508 e. The summed E-state index contributed by atoms with van der Waals surface area (Å²) < 4.78 is 10.6. The van der Waals surface area contributed by atoms with Gasteiger partial charge in [0.1, 0.15) is 11.5 Å². The number of carbonyl (C=O) groups is 2. The van der Waals surface area contributed by atoms with Gasteiger partial charge in [-0.2, -0.15) is 0 Å². The van der Waals surface area contributed by atoms with Gasteiger partial charge in [-0.05, 0) is 73.3 Å². The number of ether oxygens (including phenoxy) is 2. The lowest BCUT2D eigenvalue weighted by atomic mass is 9.75. The summed E-state index contributed by atoms with van der Waals surface area (Å²) in [5, 5.41) is 22.1. The summed E-state index contributed by atoms with van der Waals surface area (Å²) in [6, 6.07) is 3.52. The average molecular weight is 563 g/mol. The van der Waals surface area contributed by atoms with Crippen LogP contribution in [0, 0.1) is 11.8 Å². The molecule has 1 aromatic carbocycles. The van der Waals surface area contributed by atoms with Crippen LogP contribution in [-0.2, 0) is 29.9 Å². The van der Waals surface area contributed by atoms with Crippen molar-refractivity contribution in [3.63, 3.8) is 0 Å². The summed E-state index contributed by atoms with van der Waals surface area (Å²) in [4.78, 5) is 23.1. The number of esters is 2. The third kappa shape index (κ3) is 13.0. The molecule has 0 radical (unpaired) electrons. The molecule has 0 aliphatic heterocycles. The van der Waals surface area contributed by atoms with Crippen LogP contribution in [0.4, 0.5) is 0 Å². The van der Waals surface area contributed by atoms with Gasteiger partial charge in [-0.15, -0.1) is 0 Å². The zero-order valence-corrected chi connectivity index (χ0v) is 26.7. The van der Waals surface area contributed by atoms with Crippen LogP contribution in [0.15, 0.2) is 12.1 Å². The molecule has 0 saturated carbocycles. The molecule has 0 aliphatic carbocycles. The van der Waals surface area contributed by atoms with Crippen molar-refractivity contribution in [2.75, 3.05) is 13.2 Å². The Hall–Kier alpha value is -2.24. The second-order valence-corrected chi connectivity index (χ2v) is 13.2. The molecule has 0 bridgehead atoms. The van der Waals surface area contributed by atoms with Gasteiger partial charge in [0.25, 0.3) is 0 Å². The van der Waals surface area contributed by atoms with Gasteiger partial charge in [0.2, 0.25) is 0 Å². The Morgan fingerprint density at radius 3 is 1.38 bits per heavy atom. The predicted molar refractivity (Wildman–Crippen MR) is 163 cm³/mol. The van der Waals surface area contributed by atoms with E-state index in [1.54, 1.807) is 12.1 Å². The minimum atomic E-state index is -0.284. The number of benzene rings is 1. The highest BCUT2D eigenvalue weighted by Gasteiger charge is 2.30. The summed E-state index contributed by atoms with van der Waals surface area (Å²) in [6.45, 7) is 17.7. The first-order valence-corrected chi connectivity index (χ1v) is 15.6. The first-order chi connectivity index (χ1) is 18.7. The quantitative estimate of drug-likeness (QED) is 0.122. The molecular formula is C34H58O6. The summed E-state index contributed by atoms with van der Waals surface area (Å²) in [6.07, 6.45) is 10.1. The van der Waals surface area contributed by atoms with Crippen LogP contribution in [-0.4, -0.2) is 35.4 Å². The van der Waals surface area contributed by atoms with Crippen molar-refractivity contribution >= 4 is 11.9 Å². The summed E-state index contributed by atoms with van der Waals surface area (Å²) in [5.41, 5.74) is 0.982. The van der Waals surface area contributed by atoms with E-state index in [4.69, 9.17) is 9.47 Å². The molecule has 0 amide bonds. The second kappa shape index (κ2) is 17.5. The fraction of sp³-hybridized carbons (Fsp3) is 0.765. The van der Waals surface area contributed by atoms with Crippen LogP contribution >= 0.6 is 0 Å². The topological polar surface area (TPSA) is 93.1 Å². The van der Waals surface area contributed by atoms with E-state index in [9.17, 15) is 19.8 Å². The molecule has 1 rings (SSSR count). The number of hydrogen-bond donors (Lipinski definition) is 2. The van der Waals surface area contributed by atoms with E-state index in [2.05, 4.69) is 41.5 Å². The van der Waals surface area contributed by atoms with Crippen molar-refractivity contribution in [2.45, 2.75) is 143 Å². The number of phenolic OH excluding ortho intramolecular Hbond substituents is 2. The summed E-state index contributed by atoms with van der Waals surface area (Å²) in [5.74, 6) is 1.15. The lowest BCUT2D eigenvalue weighted by molar-refractivity contribution is -0.145. The largest absolute Gasteiger partial charge is 0.508 e. The van der Waals surface area contributed by atoms with Gasteiger partial charge >= 0.3 is 11.9 Å². The molecule has 0 aromatic heterocycles. The van der Waals surface area contributed by atoms with E-state index in [1.165, 1.54) is 0 Å². The zero-order chi connectivity index (χ0) is 30.3. The van der Waals surface area contributed by atoms with E-state index in [1.807, 2.05) is 13.8 Å². The molecular weight excluding hydrogens is 504 g/mol. The van der Waals surface area contributed by atoms with Gasteiger partial charge in [-0.3, -0.25) is 9.59 Å². The minimum absolute atomic E-state index is 0.116. The van der Waals surface area contributed by atoms with E-state index in [0.29, 0.717) is 37.9 Å². The van der Waals surface area contributed by atoms with Crippen LogP contribution in [0.25, 0.3) is 0 Å². The average Bonchev–Trinajstić information content (AvgIpc) is 2.85. The summed E-state index contributed by atoms with van der Waals surface area (Å²) in [7, 11) is 0. The highest BCUT2D eigenvalue weighted by molar-refractivity contribution is 5.69. The maximum absolute atomic E-state index is 11.5. The standard InChI is InChI=1S/C34H58O6/c1-9-13-31(37)39-21-17-25(3)15-11-19-33(5,6)27-23-30(36)28(24-29(27)35)34(7,8)20-12-16-26(4)18-22-40-32(38)14-10-2/h23-26,35-36H,9-22H2,1-8H3. The molecule has 230 valence electrons. The molecule has 2 N–H and O–H groups in total. The van der Waals surface area contributed by atoms with Crippen LogP contribution in [0.3, 0.4) is 0 Å². The lowest BCUT2D eigenvalue weighted by Crippen LogP contribution is -2.21. The second-order valence-electron chi connectivity index (χ2n) is 13.2. The molecule has 40 heavy (non-hydrogen) atoms. The van der Waals surface area contributed by atoms with Gasteiger partial charge in [0.05, 0.1) is 13.2 Å². The number of aromatic hydroxyl groups is 2. The Morgan fingerprint density at radius 1 is 0.700 bits per heavy atom. The van der Waals surface area contributed by atoms with Gasteiger partial charge in [0.15, 0.2) is 0 Å². The van der Waals surface area contributed by atoms with E-state index < -0.39 is 0 Å². The summed E-state index contributed by atoms with van der Waals surface area (Å²) >= 11 is 0. The van der Waals surface area contributed by atoms with Gasteiger partial charge in [-0.1, -0.05) is 81.1 Å². The van der Waals surface area contributed by atoms with Crippen molar-refractivity contribution in [2.24, 2.45) is 11.8 Å². The van der Waals surface area contributed by atoms with E-state index >= 15 is 0 Å². The smallest absolute Gasteiger partial charge is 0.305 e. The molecule has 0 spiro atoms. The van der Waals surface area contributed by atoms with Crippen molar-refractivity contribution in [1.82, 2.24) is 0 Å². The Kier molecular flexibility index (Phi) is 15.7. The fourth-order valence-corrected chi connectivity index (χ4v) is 5.30. The monoisotopic (exact) mass is 562 g/mol. The molecule has 1 aromatic rings. The van der Waals surface area contributed by atoms with Crippen molar-refractivity contribution in [3.8, 4) is 11.5 Å². The van der Waals surface area contributed by atoms with Crippen molar-refractivity contribution in [3.05, 3.63) is 23.3 Å². The van der Waals surface area contributed by atoms with E-state index in [-0.39, 0.29) is 34.3 Å². The van der Waals surface area contributed by atoms with Crippen LogP contribution in [0.2, 0.25) is 0 Å². The maximum atomic E-state index is 11.5. The number of hydrogen-bond acceptors (Lipinski definition) is 6. The third-order valence-corrected chi connectivity index (χ3v) is 8.23. The number of carbonyl (C=O) groups excluding carboxylic acids is 2. The highest BCUT2D eigenvalue weighted by atomic mass is 16.5. The molecule has 0 aliphatic rings. The van der Waals surface area contributed by atoms with Gasteiger partial charge < -0.3 is 19.7 Å². The molecule has 2 unspecified atom stereocenters. The predicted octanol–water partition coefficient (Wildman–Crippen LogP) is 8.73. The zero-order valence-electron chi connectivity index (χ0n) is 26.7. The number of rotatable bonds is 20. The highest BCUT2D eigenvalue weighted by Crippen LogP contribution is 2.43. The maximum Gasteiger partial charge on any atom is 0.305 e. The van der Waals surface area contributed by atoms with Crippen molar-refractivity contribution in [1.29, 1.82) is 0 Å². The van der Waals surface area contributed by atoms with Crippen LogP contribution < -0.4 is 0 Å². The first-order valence-electron chi connectivity index (χ1n) is 15.6. The molecule has 6 nitrogen and oxygen atoms in total. The number of phenols is 2. The molecule has 0 saturated heterocycles. The van der Waals surface area contributed by atoms with Crippen LogP contribution in [0.5, 0.6) is 11.5 Å². The Labute approximate surface area is 244 Å². The molecule has 6 heteroatoms.